The Labute approximate surface area is 63.4 Å². The number of rotatable bonds is 2. The van der Waals surface area contributed by atoms with Crippen LogP contribution in [0.25, 0.3) is 0 Å². The van der Waals surface area contributed by atoms with Crippen molar-refractivity contribution in [3.8, 4) is 5.75 Å². The molecule has 0 aliphatic rings. The van der Waals surface area contributed by atoms with Gasteiger partial charge in [-0.1, -0.05) is 0 Å². The molecule has 0 atom stereocenters. The third-order valence-corrected chi connectivity index (χ3v) is 1.27. The van der Waals surface area contributed by atoms with E-state index < -0.39 is 5.82 Å². The first-order valence-electron chi connectivity index (χ1n) is 2.99. The fourth-order valence-corrected chi connectivity index (χ4v) is 0.723. The predicted octanol–water partition coefficient (Wildman–Crippen LogP) is 1.74. The van der Waals surface area contributed by atoms with Gasteiger partial charge in [-0.2, -0.15) is 0 Å². The van der Waals surface area contributed by atoms with Crippen LogP contribution in [-0.2, 0) is 0 Å². The Morgan fingerprint density at radius 3 is 2.82 bits per heavy atom. The zero-order valence-corrected chi connectivity index (χ0v) is 5.93. The van der Waals surface area contributed by atoms with Crippen molar-refractivity contribution in [2.24, 2.45) is 0 Å². The van der Waals surface area contributed by atoms with E-state index in [0.29, 0.717) is 0 Å². The molecule has 0 heterocycles. The molecule has 0 aromatic heterocycles. The number of ether oxygens (including phenoxy) is 1. The van der Waals surface area contributed by atoms with Gasteiger partial charge < -0.3 is 15.4 Å². The predicted molar refractivity (Wildman–Crippen MR) is 39.9 cm³/mol. The summed E-state index contributed by atoms with van der Waals surface area (Å²) in [7, 11) is 1.34. The Hall–Kier alpha value is -1.29. The van der Waals surface area contributed by atoms with Gasteiger partial charge in [0.15, 0.2) is 11.6 Å². The minimum Gasteiger partial charge on any atom is -0.761 e. The van der Waals surface area contributed by atoms with Crippen molar-refractivity contribution in [2.45, 2.75) is 0 Å². The number of nitrogens with one attached hydrogen (secondary N) is 1. The standard InChI is InChI=1S/C7H7FNO2/c1-11-7-4-5(9-10)2-3-6(7)8/h2-4,9H,1H3/q-1. The van der Waals surface area contributed by atoms with Gasteiger partial charge in [-0.3, -0.25) is 0 Å². The molecule has 3 nitrogen and oxygen atoms in total. The van der Waals surface area contributed by atoms with Crippen molar-refractivity contribution in [2.75, 3.05) is 12.6 Å². The quantitative estimate of drug-likeness (QED) is 0.663. The SMILES string of the molecule is COc1cc(N[O-])ccc1F. The van der Waals surface area contributed by atoms with E-state index in [0.717, 1.165) is 0 Å². The van der Waals surface area contributed by atoms with Crippen molar-refractivity contribution < 1.29 is 9.13 Å². The van der Waals surface area contributed by atoms with Crippen molar-refractivity contribution in [1.29, 1.82) is 0 Å². The summed E-state index contributed by atoms with van der Waals surface area (Å²) >= 11 is 0. The summed E-state index contributed by atoms with van der Waals surface area (Å²) < 4.78 is 17.3. The molecule has 0 radical (unpaired) electrons. The normalized spacial score (nSPS) is 9.36. The maximum Gasteiger partial charge on any atom is 0.165 e. The van der Waals surface area contributed by atoms with Crippen molar-refractivity contribution in [3.05, 3.63) is 29.2 Å². The summed E-state index contributed by atoms with van der Waals surface area (Å²) in [5, 5.41) is 10.1. The first kappa shape index (κ1) is 7.81. The molecule has 0 bridgehead atoms. The summed E-state index contributed by atoms with van der Waals surface area (Å²) in [6.45, 7) is 0. The number of benzene rings is 1. The Morgan fingerprint density at radius 1 is 1.55 bits per heavy atom. The van der Waals surface area contributed by atoms with Crippen LogP contribution in [0.4, 0.5) is 10.1 Å². The highest BCUT2D eigenvalue weighted by Gasteiger charge is 2.00. The molecule has 0 aliphatic heterocycles. The van der Waals surface area contributed by atoms with Crippen LogP contribution in [0.5, 0.6) is 5.75 Å². The third kappa shape index (κ3) is 1.59. The maximum absolute atomic E-state index is 12.7. The van der Waals surface area contributed by atoms with Crippen molar-refractivity contribution in [3.63, 3.8) is 0 Å². The molecule has 0 saturated heterocycles. The Bertz CT molecular complexity index is 252. The van der Waals surface area contributed by atoms with Gasteiger partial charge in [0.2, 0.25) is 0 Å². The molecule has 0 saturated carbocycles. The second-order valence-corrected chi connectivity index (χ2v) is 1.95. The highest BCUT2D eigenvalue weighted by atomic mass is 19.1. The number of halogens is 1. The zero-order valence-electron chi connectivity index (χ0n) is 5.93. The minimum absolute atomic E-state index is 0.0610. The molecule has 60 valence electrons. The fraction of sp³-hybridized carbons (Fsp3) is 0.143. The molecule has 1 aromatic carbocycles. The summed E-state index contributed by atoms with van der Waals surface area (Å²) in [5.41, 5.74) is 1.91. The Kier molecular flexibility index (Phi) is 2.28. The van der Waals surface area contributed by atoms with Gasteiger partial charge in [0.05, 0.1) is 7.11 Å². The summed E-state index contributed by atoms with van der Waals surface area (Å²) in [5.74, 6) is -0.419. The molecule has 0 unspecified atom stereocenters. The highest BCUT2D eigenvalue weighted by molar-refractivity contribution is 5.49. The van der Waals surface area contributed by atoms with Crippen LogP contribution in [0.2, 0.25) is 0 Å². The molecular weight excluding hydrogens is 149 g/mol. The molecule has 0 spiro atoms. The van der Waals surface area contributed by atoms with E-state index >= 15 is 0 Å². The first-order chi connectivity index (χ1) is 5.27. The van der Waals surface area contributed by atoms with Crippen LogP contribution in [0, 0.1) is 11.0 Å². The molecule has 1 rings (SSSR count). The van der Waals surface area contributed by atoms with Gasteiger partial charge in [0.1, 0.15) is 0 Å². The molecule has 0 amide bonds. The van der Waals surface area contributed by atoms with Crippen LogP contribution >= 0.6 is 0 Å². The van der Waals surface area contributed by atoms with E-state index in [4.69, 9.17) is 0 Å². The lowest BCUT2D eigenvalue weighted by Crippen LogP contribution is -1.90. The smallest absolute Gasteiger partial charge is 0.165 e. The van der Waals surface area contributed by atoms with Gasteiger partial charge >= 0.3 is 0 Å². The molecule has 0 fully saturated rings. The summed E-state index contributed by atoms with van der Waals surface area (Å²) in [6.07, 6.45) is 0. The van der Waals surface area contributed by atoms with E-state index in [1.54, 1.807) is 5.48 Å². The molecule has 11 heavy (non-hydrogen) atoms. The monoisotopic (exact) mass is 156 g/mol. The average molecular weight is 156 g/mol. The minimum atomic E-state index is -0.480. The van der Waals surface area contributed by atoms with E-state index in [9.17, 15) is 9.60 Å². The maximum atomic E-state index is 12.7. The number of anilines is 1. The topological polar surface area (TPSA) is 44.3 Å². The molecule has 1 N–H and O–H groups in total. The van der Waals surface area contributed by atoms with Crippen molar-refractivity contribution >= 4 is 5.69 Å². The van der Waals surface area contributed by atoms with Gasteiger partial charge in [0.25, 0.3) is 0 Å². The van der Waals surface area contributed by atoms with Gasteiger partial charge in [-0.05, 0) is 12.1 Å². The molecule has 0 aliphatic carbocycles. The second-order valence-electron chi connectivity index (χ2n) is 1.95. The summed E-state index contributed by atoms with van der Waals surface area (Å²) in [6, 6.07) is 3.80. The Morgan fingerprint density at radius 2 is 2.27 bits per heavy atom. The van der Waals surface area contributed by atoms with Crippen LogP contribution in [0.3, 0.4) is 0 Å². The number of hydrogen-bond donors (Lipinski definition) is 1. The zero-order chi connectivity index (χ0) is 8.27. The lowest BCUT2D eigenvalue weighted by molar-refractivity contribution is 0.387. The van der Waals surface area contributed by atoms with Crippen LogP contribution < -0.4 is 10.2 Å². The van der Waals surface area contributed by atoms with Crippen LogP contribution in [0.1, 0.15) is 0 Å². The average Bonchev–Trinajstić information content (AvgIpc) is 2.05. The molecule has 1 aromatic rings. The Balaban J connectivity index is 3.02. The first-order valence-corrected chi connectivity index (χ1v) is 2.99. The molecule has 4 heteroatoms. The van der Waals surface area contributed by atoms with E-state index in [1.165, 1.54) is 25.3 Å². The third-order valence-electron chi connectivity index (χ3n) is 1.27. The molecular formula is C7H7FNO2-. The number of hydrogen-bond acceptors (Lipinski definition) is 3. The van der Waals surface area contributed by atoms with Crippen LogP contribution in [-0.4, -0.2) is 7.11 Å². The van der Waals surface area contributed by atoms with Crippen LogP contribution in [0.15, 0.2) is 18.2 Å². The summed E-state index contributed by atoms with van der Waals surface area (Å²) in [4.78, 5) is 0. The second kappa shape index (κ2) is 3.21. The largest absolute Gasteiger partial charge is 0.761 e. The highest BCUT2D eigenvalue weighted by Crippen LogP contribution is 2.20. The van der Waals surface area contributed by atoms with Crippen molar-refractivity contribution in [1.82, 2.24) is 0 Å². The van der Waals surface area contributed by atoms with E-state index in [1.807, 2.05) is 0 Å². The van der Waals surface area contributed by atoms with E-state index in [2.05, 4.69) is 4.74 Å². The van der Waals surface area contributed by atoms with E-state index in [-0.39, 0.29) is 11.4 Å². The van der Waals surface area contributed by atoms with Gasteiger partial charge in [-0.25, -0.2) is 4.39 Å². The van der Waals surface area contributed by atoms with Gasteiger partial charge in [-0.15, -0.1) is 0 Å². The van der Waals surface area contributed by atoms with Gasteiger partial charge in [0, 0.05) is 11.8 Å². The lowest BCUT2D eigenvalue weighted by Gasteiger charge is -2.10. The number of methoxy groups -OCH3 is 1. The fourth-order valence-electron chi connectivity index (χ4n) is 0.723. The lowest BCUT2D eigenvalue weighted by atomic mass is 10.3.